The van der Waals surface area contributed by atoms with E-state index in [-0.39, 0.29) is 23.0 Å². The SMILES string of the molecule is C=CCN1C(=O)C(=CC2=COc3ccc(O)cc3C2)C(=O)NC1=S. The first kappa shape index (κ1) is 15.9. The average Bonchev–Trinajstić information content (AvgIpc) is 2.55. The van der Waals surface area contributed by atoms with E-state index in [0.717, 1.165) is 5.56 Å². The Morgan fingerprint density at radius 1 is 1.42 bits per heavy atom. The quantitative estimate of drug-likeness (QED) is 0.377. The number of nitrogens with one attached hydrogen (secondary N) is 1. The molecule has 1 aromatic carbocycles. The molecule has 2 N–H and O–H groups in total. The fourth-order valence-electron chi connectivity index (χ4n) is 2.48. The summed E-state index contributed by atoms with van der Waals surface area (Å²) < 4.78 is 5.48. The molecule has 0 saturated carbocycles. The van der Waals surface area contributed by atoms with Gasteiger partial charge in [0.2, 0.25) is 0 Å². The van der Waals surface area contributed by atoms with Gasteiger partial charge in [-0.25, -0.2) is 0 Å². The number of hydrogen-bond acceptors (Lipinski definition) is 5. The minimum atomic E-state index is -0.548. The van der Waals surface area contributed by atoms with Gasteiger partial charge >= 0.3 is 0 Å². The highest BCUT2D eigenvalue weighted by Crippen LogP contribution is 2.30. The van der Waals surface area contributed by atoms with Crippen LogP contribution < -0.4 is 10.1 Å². The lowest BCUT2D eigenvalue weighted by atomic mass is 9.99. The second kappa shape index (κ2) is 6.29. The summed E-state index contributed by atoms with van der Waals surface area (Å²) in [6.45, 7) is 3.79. The molecule has 0 unspecified atom stereocenters. The summed E-state index contributed by atoms with van der Waals surface area (Å²) in [4.78, 5) is 25.8. The molecule has 0 radical (unpaired) electrons. The number of ether oxygens (including phenoxy) is 1. The molecule has 0 spiro atoms. The number of rotatable bonds is 3. The van der Waals surface area contributed by atoms with Crippen molar-refractivity contribution in [1.82, 2.24) is 10.2 Å². The van der Waals surface area contributed by atoms with Crippen LogP contribution in [-0.4, -0.2) is 33.5 Å². The molecule has 24 heavy (non-hydrogen) atoms. The standard InChI is InChI=1S/C17H14N2O4S/c1-2-5-19-16(22)13(15(21)18-17(19)24)7-10-6-11-8-12(20)3-4-14(11)23-9-10/h2-4,7-9,20H,1,5-6H2,(H,18,21,24). The molecular weight excluding hydrogens is 328 g/mol. The predicted molar refractivity (Wildman–Crippen MR) is 91.3 cm³/mol. The number of phenolic OH excluding ortho intramolecular Hbond substituents is 1. The van der Waals surface area contributed by atoms with Crippen LogP contribution in [0.1, 0.15) is 5.56 Å². The second-order valence-electron chi connectivity index (χ2n) is 5.30. The van der Waals surface area contributed by atoms with Crippen LogP contribution in [0.4, 0.5) is 0 Å². The van der Waals surface area contributed by atoms with Crippen molar-refractivity contribution >= 4 is 29.1 Å². The highest BCUT2D eigenvalue weighted by atomic mass is 32.1. The second-order valence-corrected chi connectivity index (χ2v) is 5.69. The maximum Gasteiger partial charge on any atom is 0.265 e. The van der Waals surface area contributed by atoms with Crippen LogP contribution in [0, 0.1) is 0 Å². The van der Waals surface area contributed by atoms with Gasteiger partial charge in [-0.1, -0.05) is 6.08 Å². The molecular formula is C17H14N2O4S. The van der Waals surface area contributed by atoms with Gasteiger partial charge in [0.05, 0.1) is 6.26 Å². The monoisotopic (exact) mass is 342 g/mol. The molecule has 2 aliphatic rings. The van der Waals surface area contributed by atoms with Gasteiger partial charge in [0.15, 0.2) is 5.11 Å². The van der Waals surface area contributed by atoms with Gasteiger partial charge in [0, 0.05) is 18.5 Å². The zero-order valence-electron chi connectivity index (χ0n) is 12.6. The van der Waals surface area contributed by atoms with Crippen LogP contribution in [0.3, 0.4) is 0 Å². The van der Waals surface area contributed by atoms with Crippen molar-refractivity contribution in [2.24, 2.45) is 0 Å². The summed E-state index contributed by atoms with van der Waals surface area (Å²) in [7, 11) is 0. The third-order valence-electron chi connectivity index (χ3n) is 3.60. The Morgan fingerprint density at radius 3 is 2.96 bits per heavy atom. The molecule has 6 nitrogen and oxygen atoms in total. The molecule has 1 aromatic rings. The van der Waals surface area contributed by atoms with Crippen molar-refractivity contribution in [2.75, 3.05) is 6.54 Å². The Hall–Kier alpha value is -2.93. The van der Waals surface area contributed by atoms with Crippen molar-refractivity contribution in [3.8, 4) is 11.5 Å². The highest BCUT2D eigenvalue weighted by molar-refractivity contribution is 7.80. The molecule has 1 fully saturated rings. The largest absolute Gasteiger partial charge is 0.508 e. The number of amides is 2. The number of nitrogens with zero attached hydrogens (tertiary/aromatic N) is 1. The van der Waals surface area contributed by atoms with E-state index in [1.54, 1.807) is 12.1 Å². The first-order valence-corrected chi connectivity index (χ1v) is 7.58. The molecule has 122 valence electrons. The molecule has 2 amide bonds. The fourth-order valence-corrected chi connectivity index (χ4v) is 2.73. The average molecular weight is 342 g/mol. The van der Waals surface area contributed by atoms with Crippen LogP contribution in [-0.2, 0) is 16.0 Å². The summed E-state index contributed by atoms with van der Waals surface area (Å²) in [6.07, 6.45) is 4.92. The van der Waals surface area contributed by atoms with E-state index in [0.29, 0.717) is 17.7 Å². The maximum atomic E-state index is 12.5. The molecule has 2 aliphatic heterocycles. The minimum absolute atomic E-state index is 0.0242. The smallest absolute Gasteiger partial charge is 0.265 e. The van der Waals surface area contributed by atoms with Gasteiger partial charge in [0.1, 0.15) is 17.1 Å². The number of allylic oxidation sites excluding steroid dienone is 2. The number of benzene rings is 1. The van der Waals surface area contributed by atoms with Gasteiger partial charge in [-0.15, -0.1) is 6.58 Å². The number of fused-ring (bicyclic) bond motifs is 1. The van der Waals surface area contributed by atoms with Crippen molar-refractivity contribution in [3.63, 3.8) is 0 Å². The third-order valence-corrected chi connectivity index (χ3v) is 3.93. The molecule has 0 bridgehead atoms. The summed E-state index contributed by atoms with van der Waals surface area (Å²) >= 11 is 5.00. The number of aromatic hydroxyl groups is 1. The van der Waals surface area contributed by atoms with Crippen molar-refractivity contribution in [2.45, 2.75) is 6.42 Å². The van der Waals surface area contributed by atoms with E-state index < -0.39 is 11.8 Å². The van der Waals surface area contributed by atoms with E-state index in [1.165, 1.54) is 29.4 Å². The molecule has 1 saturated heterocycles. The van der Waals surface area contributed by atoms with Crippen molar-refractivity contribution in [3.05, 3.63) is 59.9 Å². The first-order chi connectivity index (χ1) is 11.5. The number of carbonyl (C=O) groups excluding carboxylic acids is 2. The Morgan fingerprint density at radius 2 is 2.21 bits per heavy atom. The highest BCUT2D eigenvalue weighted by Gasteiger charge is 2.33. The number of carbonyl (C=O) groups is 2. The van der Waals surface area contributed by atoms with Crippen molar-refractivity contribution in [1.29, 1.82) is 0 Å². The topological polar surface area (TPSA) is 78.9 Å². The van der Waals surface area contributed by atoms with Crippen molar-refractivity contribution < 1.29 is 19.4 Å². The lowest BCUT2D eigenvalue weighted by molar-refractivity contribution is -0.128. The zero-order valence-corrected chi connectivity index (χ0v) is 13.4. The van der Waals surface area contributed by atoms with E-state index in [9.17, 15) is 14.7 Å². The van der Waals surface area contributed by atoms with Crippen LogP contribution in [0.25, 0.3) is 0 Å². The summed E-state index contributed by atoms with van der Waals surface area (Å²) in [6, 6.07) is 4.78. The van der Waals surface area contributed by atoms with Crippen LogP contribution in [0.15, 0.2) is 54.3 Å². The van der Waals surface area contributed by atoms with E-state index in [1.807, 2.05) is 0 Å². The predicted octanol–water partition coefficient (Wildman–Crippen LogP) is 1.57. The molecule has 0 aromatic heterocycles. The number of phenols is 1. The van der Waals surface area contributed by atoms with Crippen LogP contribution >= 0.6 is 12.2 Å². The fraction of sp³-hybridized carbons (Fsp3) is 0.118. The van der Waals surface area contributed by atoms with Crippen LogP contribution in [0.5, 0.6) is 11.5 Å². The number of hydrogen-bond donors (Lipinski definition) is 2. The Kier molecular flexibility index (Phi) is 4.18. The zero-order chi connectivity index (χ0) is 17.3. The first-order valence-electron chi connectivity index (χ1n) is 7.17. The van der Waals surface area contributed by atoms with Gasteiger partial charge in [-0.3, -0.25) is 19.8 Å². The Labute approximate surface area is 143 Å². The van der Waals surface area contributed by atoms with Gasteiger partial charge in [-0.05, 0) is 42.1 Å². The molecule has 2 heterocycles. The summed E-state index contributed by atoms with van der Waals surface area (Å²) in [5.41, 5.74) is 1.38. The third kappa shape index (κ3) is 2.93. The Bertz CT molecular complexity index is 826. The molecule has 7 heteroatoms. The lowest BCUT2D eigenvalue weighted by Gasteiger charge is -2.28. The van der Waals surface area contributed by atoms with Gasteiger partial charge in [-0.2, -0.15) is 0 Å². The normalized spacial score (nSPS) is 18.7. The summed E-state index contributed by atoms with van der Waals surface area (Å²) in [5.74, 6) is -0.275. The minimum Gasteiger partial charge on any atom is -0.508 e. The molecule has 3 rings (SSSR count). The summed E-state index contributed by atoms with van der Waals surface area (Å²) in [5, 5.41) is 12.1. The molecule has 0 atom stereocenters. The van der Waals surface area contributed by atoms with Crippen LogP contribution in [0.2, 0.25) is 0 Å². The lowest BCUT2D eigenvalue weighted by Crippen LogP contribution is -2.54. The van der Waals surface area contributed by atoms with Gasteiger partial charge in [0.25, 0.3) is 11.8 Å². The van der Waals surface area contributed by atoms with Gasteiger partial charge < -0.3 is 9.84 Å². The Balaban J connectivity index is 1.89. The maximum absolute atomic E-state index is 12.5. The molecule has 0 aliphatic carbocycles. The van der Waals surface area contributed by atoms with E-state index in [2.05, 4.69) is 11.9 Å². The van der Waals surface area contributed by atoms with E-state index >= 15 is 0 Å². The van der Waals surface area contributed by atoms with E-state index in [4.69, 9.17) is 17.0 Å². The number of thiocarbonyl (C=S) groups is 1.